The zero-order valence-electron chi connectivity index (χ0n) is 14.5. The van der Waals surface area contributed by atoms with E-state index in [9.17, 15) is 26.8 Å². The van der Waals surface area contributed by atoms with Gasteiger partial charge in [0.1, 0.15) is 0 Å². The number of alkyl halides is 2. The third-order valence-electron chi connectivity index (χ3n) is 3.91. The molecule has 28 heavy (non-hydrogen) atoms. The molecule has 2 amide bonds. The van der Waals surface area contributed by atoms with E-state index in [0.29, 0.717) is 28.2 Å². The standard InChI is InChI=1S/C16H15F2N3O4S3/c1-8-12(26-16(19-8)27-15(17)18)7-14(23)21-28(24,25)10-3-4-11-9(6-10)2-5-13(22)20-11/h3-4,6,15H,2,5,7H2,1H3,(H,20,22)(H,21,23). The summed E-state index contributed by atoms with van der Waals surface area (Å²) < 4.78 is 51.9. The molecule has 7 nitrogen and oxygen atoms in total. The van der Waals surface area contributed by atoms with Crippen LogP contribution in [0.15, 0.2) is 27.4 Å². The Morgan fingerprint density at radius 3 is 2.86 bits per heavy atom. The van der Waals surface area contributed by atoms with E-state index >= 15 is 0 Å². The van der Waals surface area contributed by atoms with Crippen LogP contribution in [0.4, 0.5) is 14.5 Å². The van der Waals surface area contributed by atoms with Crippen molar-refractivity contribution < 1.29 is 26.8 Å². The van der Waals surface area contributed by atoms with E-state index in [-0.39, 0.29) is 39.7 Å². The summed E-state index contributed by atoms with van der Waals surface area (Å²) >= 11 is 1.21. The molecule has 0 radical (unpaired) electrons. The molecule has 0 saturated heterocycles. The lowest BCUT2D eigenvalue weighted by Gasteiger charge is -2.17. The molecule has 2 aromatic rings. The predicted octanol–water partition coefficient (Wildman–Crippen LogP) is 2.70. The lowest BCUT2D eigenvalue weighted by molar-refractivity contribution is -0.118. The summed E-state index contributed by atoms with van der Waals surface area (Å²) in [6.07, 6.45) is 0.378. The molecule has 0 atom stereocenters. The zero-order valence-corrected chi connectivity index (χ0v) is 16.9. The second-order valence-electron chi connectivity index (χ2n) is 5.94. The van der Waals surface area contributed by atoms with Gasteiger partial charge in [-0.1, -0.05) is 0 Å². The SMILES string of the molecule is Cc1nc(SC(F)F)sc1CC(=O)NS(=O)(=O)c1ccc2c(c1)CCC(=O)N2. The van der Waals surface area contributed by atoms with E-state index in [1.54, 1.807) is 6.92 Å². The van der Waals surface area contributed by atoms with Crippen LogP contribution in [0.1, 0.15) is 22.6 Å². The monoisotopic (exact) mass is 447 g/mol. The van der Waals surface area contributed by atoms with Crippen LogP contribution >= 0.6 is 23.1 Å². The Kier molecular flexibility index (Phi) is 6.01. The molecule has 0 saturated carbocycles. The summed E-state index contributed by atoms with van der Waals surface area (Å²) in [6, 6.07) is 4.20. The van der Waals surface area contributed by atoms with Crippen LogP contribution in [0.25, 0.3) is 0 Å². The predicted molar refractivity (Wildman–Crippen MR) is 101 cm³/mol. The Labute approximate surface area is 168 Å². The smallest absolute Gasteiger partial charge is 0.291 e. The highest BCUT2D eigenvalue weighted by molar-refractivity contribution is 8.01. The zero-order chi connectivity index (χ0) is 20.5. The number of sulfonamides is 1. The van der Waals surface area contributed by atoms with Gasteiger partial charge in [-0.2, -0.15) is 8.78 Å². The van der Waals surface area contributed by atoms with Crippen molar-refractivity contribution in [2.75, 3.05) is 5.32 Å². The van der Waals surface area contributed by atoms with Crippen LogP contribution in [0.2, 0.25) is 0 Å². The number of aromatic nitrogens is 1. The minimum Gasteiger partial charge on any atom is -0.326 e. The summed E-state index contributed by atoms with van der Waals surface area (Å²) in [5.41, 5.74) is 1.62. The average molecular weight is 448 g/mol. The van der Waals surface area contributed by atoms with Gasteiger partial charge in [-0.05, 0) is 48.9 Å². The molecule has 1 aromatic heterocycles. The van der Waals surface area contributed by atoms with Gasteiger partial charge in [0.15, 0.2) is 4.34 Å². The topological polar surface area (TPSA) is 105 Å². The Morgan fingerprint density at radius 1 is 1.39 bits per heavy atom. The van der Waals surface area contributed by atoms with Gasteiger partial charge in [0.2, 0.25) is 11.8 Å². The lowest BCUT2D eigenvalue weighted by Crippen LogP contribution is -2.32. The number of benzene rings is 1. The Hall–Kier alpha value is -2.05. The second kappa shape index (κ2) is 8.13. The van der Waals surface area contributed by atoms with Crippen LogP contribution in [-0.2, 0) is 32.5 Å². The summed E-state index contributed by atoms with van der Waals surface area (Å²) in [5, 5.41) is 2.65. The highest BCUT2D eigenvalue weighted by Crippen LogP contribution is 2.31. The fourth-order valence-corrected chi connectivity index (χ4v) is 5.49. The molecule has 2 heterocycles. The number of fused-ring (bicyclic) bond motifs is 1. The van der Waals surface area contributed by atoms with E-state index in [4.69, 9.17) is 0 Å². The largest absolute Gasteiger partial charge is 0.326 e. The van der Waals surface area contributed by atoms with Crippen LogP contribution in [0, 0.1) is 6.92 Å². The van der Waals surface area contributed by atoms with Crippen molar-refractivity contribution in [1.29, 1.82) is 0 Å². The number of nitrogens with zero attached hydrogens (tertiary/aromatic N) is 1. The summed E-state index contributed by atoms with van der Waals surface area (Å²) in [5.74, 6) is -3.55. The minimum atomic E-state index is -4.10. The lowest BCUT2D eigenvalue weighted by atomic mass is 10.0. The number of hydrogen-bond acceptors (Lipinski definition) is 7. The van der Waals surface area contributed by atoms with Gasteiger partial charge in [-0.15, -0.1) is 11.3 Å². The van der Waals surface area contributed by atoms with Crippen molar-refractivity contribution in [1.82, 2.24) is 9.71 Å². The number of halogens is 2. The normalized spacial score (nSPS) is 13.9. The summed E-state index contributed by atoms with van der Waals surface area (Å²) in [7, 11) is -4.10. The highest BCUT2D eigenvalue weighted by atomic mass is 32.2. The van der Waals surface area contributed by atoms with E-state index in [2.05, 4.69) is 10.3 Å². The van der Waals surface area contributed by atoms with Gasteiger partial charge in [0, 0.05) is 17.0 Å². The van der Waals surface area contributed by atoms with Crippen molar-refractivity contribution in [3.63, 3.8) is 0 Å². The van der Waals surface area contributed by atoms with Crippen molar-refractivity contribution in [3.05, 3.63) is 34.3 Å². The molecule has 1 aromatic carbocycles. The van der Waals surface area contributed by atoms with Gasteiger partial charge >= 0.3 is 0 Å². The number of amides is 2. The quantitative estimate of drug-likeness (QED) is 0.660. The first kappa shape index (κ1) is 20.7. The Balaban J connectivity index is 1.71. The first-order chi connectivity index (χ1) is 13.1. The molecular weight excluding hydrogens is 432 g/mol. The van der Waals surface area contributed by atoms with Crippen LogP contribution in [0.5, 0.6) is 0 Å². The minimum absolute atomic E-state index is 0.0919. The third-order valence-corrected chi connectivity index (χ3v) is 7.25. The maximum absolute atomic E-state index is 12.5. The maximum atomic E-state index is 12.5. The second-order valence-corrected chi connectivity index (χ2v) is 9.94. The molecule has 12 heteroatoms. The fraction of sp³-hybridized carbons (Fsp3) is 0.312. The van der Waals surface area contributed by atoms with E-state index < -0.39 is 21.7 Å². The molecule has 0 spiro atoms. The Bertz CT molecular complexity index is 1040. The number of thiazole rings is 1. The summed E-state index contributed by atoms with van der Waals surface area (Å²) in [4.78, 5) is 27.9. The summed E-state index contributed by atoms with van der Waals surface area (Å²) in [6.45, 7) is 1.57. The number of nitrogens with one attached hydrogen (secondary N) is 2. The van der Waals surface area contributed by atoms with Gasteiger partial charge in [0.25, 0.3) is 15.8 Å². The molecule has 0 fully saturated rings. The van der Waals surface area contributed by atoms with Crippen LogP contribution in [-0.4, -0.2) is 31.0 Å². The number of carbonyl (C=O) groups is 2. The first-order valence-corrected chi connectivity index (χ1v) is 11.2. The van der Waals surface area contributed by atoms with Crippen molar-refractivity contribution >= 4 is 50.6 Å². The average Bonchev–Trinajstić information content (AvgIpc) is 2.91. The van der Waals surface area contributed by atoms with Gasteiger partial charge in [-0.25, -0.2) is 18.1 Å². The molecule has 1 aliphatic heterocycles. The molecular formula is C16H15F2N3O4S3. The van der Waals surface area contributed by atoms with Crippen LogP contribution < -0.4 is 10.0 Å². The van der Waals surface area contributed by atoms with Crippen molar-refractivity contribution in [3.8, 4) is 0 Å². The molecule has 0 unspecified atom stereocenters. The van der Waals surface area contributed by atoms with E-state index in [0.717, 1.165) is 11.3 Å². The molecule has 2 N–H and O–H groups in total. The number of aryl methyl sites for hydroxylation is 2. The van der Waals surface area contributed by atoms with Gasteiger partial charge in [0.05, 0.1) is 17.0 Å². The number of hydrogen-bond donors (Lipinski definition) is 2. The highest BCUT2D eigenvalue weighted by Gasteiger charge is 2.23. The van der Waals surface area contributed by atoms with E-state index in [1.165, 1.54) is 18.2 Å². The van der Waals surface area contributed by atoms with Gasteiger partial charge < -0.3 is 5.32 Å². The number of carbonyl (C=O) groups excluding carboxylic acids is 2. The fourth-order valence-electron chi connectivity index (χ4n) is 2.61. The number of rotatable bonds is 6. The molecule has 150 valence electrons. The van der Waals surface area contributed by atoms with E-state index in [1.807, 2.05) is 4.72 Å². The van der Waals surface area contributed by atoms with Crippen molar-refractivity contribution in [2.45, 2.75) is 41.2 Å². The maximum Gasteiger partial charge on any atom is 0.291 e. The van der Waals surface area contributed by atoms with Crippen LogP contribution in [0.3, 0.4) is 0 Å². The first-order valence-electron chi connectivity index (χ1n) is 8.03. The molecule has 0 bridgehead atoms. The third kappa shape index (κ3) is 4.86. The van der Waals surface area contributed by atoms with Crippen molar-refractivity contribution in [2.24, 2.45) is 0 Å². The Morgan fingerprint density at radius 2 is 2.14 bits per heavy atom. The van der Waals surface area contributed by atoms with Gasteiger partial charge in [-0.3, -0.25) is 9.59 Å². The molecule has 3 rings (SSSR count). The molecule has 0 aliphatic carbocycles. The molecule has 1 aliphatic rings. The number of thioether (sulfide) groups is 1. The number of anilines is 1.